The van der Waals surface area contributed by atoms with Crippen LogP contribution >= 0.6 is 0 Å². The van der Waals surface area contributed by atoms with Crippen LogP contribution in [0.5, 0.6) is 11.5 Å². The molecule has 0 bridgehead atoms. The molecule has 0 radical (unpaired) electrons. The summed E-state index contributed by atoms with van der Waals surface area (Å²) in [5.74, 6) is -0.151. The molecule has 4 amide bonds. The van der Waals surface area contributed by atoms with E-state index in [1.165, 1.54) is 14.2 Å². The Bertz CT molecular complexity index is 651. The number of imide groups is 2. The van der Waals surface area contributed by atoms with Crippen LogP contribution in [-0.4, -0.2) is 32.1 Å². The molecular weight excluding hydrogens is 276 g/mol. The van der Waals surface area contributed by atoms with Crippen LogP contribution in [-0.2, 0) is 9.59 Å². The van der Waals surface area contributed by atoms with Crippen LogP contribution in [0.15, 0.2) is 18.2 Å². The maximum absolute atomic E-state index is 12.5. The zero-order chi connectivity index (χ0) is 15.2. The summed E-state index contributed by atoms with van der Waals surface area (Å²) in [4.78, 5) is 37.3. The van der Waals surface area contributed by atoms with Crippen molar-refractivity contribution in [2.24, 2.45) is 5.41 Å². The van der Waals surface area contributed by atoms with Crippen molar-refractivity contribution in [2.75, 3.05) is 19.1 Å². The van der Waals surface area contributed by atoms with Crippen LogP contribution in [0.25, 0.3) is 0 Å². The number of urea groups is 1. The maximum atomic E-state index is 12.5. The van der Waals surface area contributed by atoms with E-state index in [0.29, 0.717) is 30.0 Å². The second-order valence-electron chi connectivity index (χ2n) is 5.02. The average molecular weight is 290 g/mol. The van der Waals surface area contributed by atoms with Gasteiger partial charge in [0.25, 0.3) is 5.91 Å². The summed E-state index contributed by atoms with van der Waals surface area (Å²) < 4.78 is 10.3. The normalized spacial score (nSPS) is 19.5. The van der Waals surface area contributed by atoms with Crippen molar-refractivity contribution in [2.45, 2.75) is 12.8 Å². The van der Waals surface area contributed by atoms with Crippen molar-refractivity contribution >= 4 is 23.5 Å². The molecule has 0 atom stereocenters. The fourth-order valence-corrected chi connectivity index (χ4v) is 2.43. The molecule has 1 N–H and O–H groups in total. The molecule has 21 heavy (non-hydrogen) atoms. The molecule has 2 fully saturated rings. The first kappa shape index (κ1) is 13.4. The SMILES string of the molecule is COc1ccc(N2C(=O)NC(=O)C3(CC3)C2=O)c(OC)c1. The van der Waals surface area contributed by atoms with Crippen molar-refractivity contribution in [3.05, 3.63) is 18.2 Å². The van der Waals surface area contributed by atoms with Crippen LogP contribution in [0.3, 0.4) is 0 Å². The highest BCUT2D eigenvalue weighted by Crippen LogP contribution is 2.50. The fraction of sp³-hybridized carbons (Fsp3) is 0.357. The number of rotatable bonds is 3. The lowest BCUT2D eigenvalue weighted by Gasteiger charge is -2.31. The van der Waals surface area contributed by atoms with E-state index in [1.54, 1.807) is 18.2 Å². The summed E-state index contributed by atoms with van der Waals surface area (Å²) >= 11 is 0. The number of benzene rings is 1. The van der Waals surface area contributed by atoms with E-state index in [2.05, 4.69) is 5.32 Å². The Morgan fingerprint density at radius 3 is 2.43 bits per heavy atom. The van der Waals surface area contributed by atoms with Gasteiger partial charge in [-0.1, -0.05) is 0 Å². The molecule has 7 heteroatoms. The Kier molecular flexibility index (Phi) is 2.86. The monoisotopic (exact) mass is 290 g/mol. The topological polar surface area (TPSA) is 84.9 Å². The molecule has 1 aromatic carbocycles. The Balaban J connectivity index is 2.05. The van der Waals surface area contributed by atoms with Gasteiger partial charge in [-0.15, -0.1) is 0 Å². The number of barbiturate groups is 1. The number of amides is 4. The fourth-order valence-electron chi connectivity index (χ4n) is 2.43. The molecular formula is C14H14N2O5. The molecule has 1 aliphatic heterocycles. The highest BCUT2D eigenvalue weighted by molar-refractivity contribution is 6.31. The molecule has 1 saturated carbocycles. The Hall–Kier alpha value is -2.57. The number of carbonyl (C=O) groups is 3. The van der Waals surface area contributed by atoms with E-state index >= 15 is 0 Å². The number of carbonyl (C=O) groups excluding carboxylic acids is 3. The van der Waals surface area contributed by atoms with Crippen molar-refractivity contribution in [1.29, 1.82) is 0 Å². The largest absolute Gasteiger partial charge is 0.497 e. The number of hydrogen-bond donors (Lipinski definition) is 1. The predicted octanol–water partition coefficient (Wildman–Crippen LogP) is 1.07. The predicted molar refractivity (Wildman–Crippen MR) is 72.2 cm³/mol. The standard InChI is InChI=1S/C14H14N2O5/c1-20-8-3-4-9(10(7-8)21-2)16-12(18)14(5-6-14)11(17)15-13(16)19/h3-4,7H,5-6H2,1-2H3,(H,15,17,19). The summed E-state index contributed by atoms with van der Waals surface area (Å²) in [5, 5.41) is 2.23. The van der Waals surface area contributed by atoms with Crippen LogP contribution in [0.4, 0.5) is 10.5 Å². The smallest absolute Gasteiger partial charge is 0.335 e. The average Bonchev–Trinajstić information content (AvgIpc) is 3.27. The Morgan fingerprint density at radius 1 is 1.14 bits per heavy atom. The van der Waals surface area contributed by atoms with Gasteiger partial charge < -0.3 is 9.47 Å². The molecule has 1 aliphatic carbocycles. The van der Waals surface area contributed by atoms with Crippen LogP contribution < -0.4 is 19.7 Å². The van der Waals surface area contributed by atoms with E-state index in [9.17, 15) is 14.4 Å². The summed E-state index contributed by atoms with van der Waals surface area (Å²) in [5.41, 5.74) is -0.793. The number of nitrogens with zero attached hydrogens (tertiary/aromatic N) is 1. The molecule has 110 valence electrons. The van der Waals surface area contributed by atoms with Gasteiger partial charge in [0, 0.05) is 6.07 Å². The third-order valence-electron chi connectivity index (χ3n) is 3.85. The zero-order valence-corrected chi connectivity index (χ0v) is 11.6. The van der Waals surface area contributed by atoms with Gasteiger partial charge in [0.2, 0.25) is 5.91 Å². The van der Waals surface area contributed by atoms with Gasteiger partial charge in [-0.25, -0.2) is 9.69 Å². The number of ether oxygens (including phenoxy) is 2. The molecule has 1 spiro atoms. The lowest BCUT2D eigenvalue weighted by atomic mass is 10.0. The van der Waals surface area contributed by atoms with Crippen molar-refractivity contribution < 1.29 is 23.9 Å². The third-order valence-corrected chi connectivity index (χ3v) is 3.85. The summed E-state index contributed by atoms with van der Waals surface area (Å²) in [6.07, 6.45) is 0.917. The minimum atomic E-state index is -1.08. The summed E-state index contributed by atoms with van der Waals surface area (Å²) in [6.45, 7) is 0. The van der Waals surface area contributed by atoms with Crippen molar-refractivity contribution in [3.63, 3.8) is 0 Å². The first-order valence-electron chi connectivity index (χ1n) is 6.45. The van der Waals surface area contributed by atoms with Crippen molar-refractivity contribution in [1.82, 2.24) is 5.32 Å². The van der Waals surface area contributed by atoms with E-state index in [1.807, 2.05) is 0 Å². The van der Waals surface area contributed by atoms with E-state index in [4.69, 9.17) is 9.47 Å². The third kappa shape index (κ3) is 1.84. The highest BCUT2D eigenvalue weighted by atomic mass is 16.5. The lowest BCUT2D eigenvalue weighted by molar-refractivity contribution is -0.136. The molecule has 7 nitrogen and oxygen atoms in total. The van der Waals surface area contributed by atoms with Crippen LogP contribution in [0.1, 0.15) is 12.8 Å². The van der Waals surface area contributed by atoms with Gasteiger partial charge in [-0.05, 0) is 25.0 Å². The minimum absolute atomic E-state index is 0.291. The van der Waals surface area contributed by atoms with Gasteiger partial charge >= 0.3 is 6.03 Å². The quantitative estimate of drug-likeness (QED) is 0.842. The van der Waals surface area contributed by atoms with Gasteiger partial charge in [0.1, 0.15) is 16.9 Å². The van der Waals surface area contributed by atoms with Crippen LogP contribution in [0, 0.1) is 5.41 Å². The van der Waals surface area contributed by atoms with Gasteiger partial charge in [-0.2, -0.15) is 0 Å². The second-order valence-corrected chi connectivity index (χ2v) is 5.02. The Morgan fingerprint density at radius 2 is 1.86 bits per heavy atom. The highest BCUT2D eigenvalue weighted by Gasteiger charge is 2.62. The van der Waals surface area contributed by atoms with E-state index < -0.39 is 23.3 Å². The molecule has 3 rings (SSSR count). The number of anilines is 1. The van der Waals surface area contributed by atoms with Crippen LogP contribution in [0.2, 0.25) is 0 Å². The van der Waals surface area contributed by atoms with Crippen molar-refractivity contribution in [3.8, 4) is 11.5 Å². The van der Waals surface area contributed by atoms with Gasteiger partial charge in [0.05, 0.1) is 19.9 Å². The number of hydrogen-bond acceptors (Lipinski definition) is 5. The number of methoxy groups -OCH3 is 2. The zero-order valence-electron chi connectivity index (χ0n) is 11.6. The summed E-state index contributed by atoms with van der Waals surface area (Å²) in [7, 11) is 2.94. The molecule has 2 aliphatic rings. The number of nitrogens with one attached hydrogen (secondary N) is 1. The first-order chi connectivity index (χ1) is 10.0. The summed E-state index contributed by atoms with van der Waals surface area (Å²) in [6, 6.07) is 3.99. The van der Waals surface area contributed by atoms with E-state index in [-0.39, 0.29) is 0 Å². The van der Waals surface area contributed by atoms with E-state index in [0.717, 1.165) is 4.90 Å². The molecule has 0 unspecified atom stereocenters. The minimum Gasteiger partial charge on any atom is -0.497 e. The molecule has 1 aromatic rings. The molecule has 0 aromatic heterocycles. The van der Waals surface area contributed by atoms with Gasteiger partial charge in [0.15, 0.2) is 0 Å². The van der Waals surface area contributed by atoms with Gasteiger partial charge in [-0.3, -0.25) is 14.9 Å². The molecule has 1 saturated heterocycles. The maximum Gasteiger partial charge on any atom is 0.335 e. The molecule has 1 heterocycles. The second kappa shape index (κ2) is 4.47. The first-order valence-corrected chi connectivity index (χ1v) is 6.45. The Labute approximate surface area is 120 Å². The lowest BCUT2D eigenvalue weighted by Crippen LogP contribution is -2.59.